The first-order valence-electron chi connectivity index (χ1n) is 7.75. The molecule has 0 amide bonds. The quantitative estimate of drug-likeness (QED) is 0.808. The van der Waals surface area contributed by atoms with Crippen molar-refractivity contribution in [1.29, 1.82) is 0 Å². The Morgan fingerprint density at radius 2 is 1.76 bits per heavy atom. The molecule has 0 aliphatic carbocycles. The Kier molecular flexibility index (Phi) is 5.81. The smallest absolute Gasteiger partial charge is 0.208 e. The van der Waals surface area contributed by atoms with Gasteiger partial charge >= 0.3 is 0 Å². The fourth-order valence-corrected chi connectivity index (χ4v) is 2.32. The number of aryl methyl sites for hydroxylation is 1. The molecule has 2 aromatic rings. The van der Waals surface area contributed by atoms with E-state index < -0.39 is 0 Å². The molecule has 1 heterocycles. The Labute approximate surface area is 127 Å². The van der Waals surface area contributed by atoms with Crippen molar-refractivity contribution >= 4 is 5.69 Å². The van der Waals surface area contributed by atoms with Gasteiger partial charge in [-0.25, -0.2) is 4.98 Å². The summed E-state index contributed by atoms with van der Waals surface area (Å²) in [5.41, 5.74) is 2.55. The topological polar surface area (TPSA) is 41.3 Å². The summed E-state index contributed by atoms with van der Waals surface area (Å²) >= 11 is 0. The molecule has 0 unspecified atom stereocenters. The average Bonchev–Trinajstić information content (AvgIpc) is 2.98. The zero-order chi connectivity index (χ0) is 15.1. The number of nitrogens with one attached hydrogen (secondary N) is 1. The van der Waals surface area contributed by atoms with Gasteiger partial charge in [-0.1, -0.05) is 19.1 Å². The van der Waals surface area contributed by atoms with Crippen molar-refractivity contribution in [3.63, 3.8) is 0 Å². The Hall–Kier alpha value is -1.81. The zero-order valence-corrected chi connectivity index (χ0v) is 13.2. The first-order valence-corrected chi connectivity index (χ1v) is 7.75. The summed E-state index contributed by atoms with van der Waals surface area (Å²) in [5, 5.41) is 3.36. The van der Waals surface area contributed by atoms with E-state index in [-0.39, 0.29) is 0 Å². The lowest BCUT2D eigenvalue weighted by Crippen LogP contribution is -2.21. The standard InChI is InChI=1S/C17H25N3O/c1-4-16-12-19-17(21-16)13-18-11-14-7-9-15(10-8-14)20(5-2)6-3/h7-10,12,18H,4-6,11,13H2,1-3H3. The van der Waals surface area contributed by atoms with E-state index in [1.54, 1.807) is 6.20 Å². The van der Waals surface area contributed by atoms with E-state index in [0.29, 0.717) is 6.54 Å². The van der Waals surface area contributed by atoms with Crippen LogP contribution in [0.15, 0.2) is 34.9 Å². The third-order valence-corrected chi connectivity index (χ3v) is 3.62. The molecule has 0 aliphatic heterocycles. The molecule has 0 radical (unpaired) electrons. The van der Waals surface area contributed by atoms with Crippen molar-refractivity contribution in [2.24, 2.45) is 0 Å². The van der Waals surface area contributed by atoms with Gasteiger partial charge < -0.3 is 14.6 Å². The van der Waals surface area contributed by atoms with Gasteiger partial charge in [-0.3, -0.25) is 0 Å². The van der Waals surface area contributed by atoms with Gasteiger partial charge in [-0.2, -0.15) is 0 Å². The molecule has 4 heteroatoms. The highest BCUT2D eigenvalue weighted by molar-refractivity contribution is 5.47. The molecule has 114 valence electrons. The summed E-state index contributed by atoms with van der Waals surface area (Å²) in [6.07, 6.45) is 2.69. The number of nitrogens with zero attached hydrogens (tertiary/aromatic N) is 2. The number of hydrogen-bond donors (Lipinski definition) is 1. The minimum Gasteiger partial charge on any atom is -0.444 e. The molecule has 1 aromatic heterocycles. The fourth-order valence-electron chi connectivity index (χ4n) is 2.32. The molecule has 0 aliphatic rings. The fraction of sp³-hybridized carbons (Fsp3) is 0.471. The number of aromatic nitrogens is 1. The lowest BCUT2D eigenvalue weighted by atomic mass is 10.2. The molecule has 4 nitrogen and oxygen atoms in total. The van der Waals surface area contributed by atoms with Crippen LogP contribution in [0.4, 0.5) is 5.69 Å². The van der Waals surface area contributed by atoms with Crippen LogP contribution < -0.4 is 10.2 Å². The van der Waals surface area contributed by atoms with Crippen LogP contribution in [-0.4, -0.2) is 18.1 Å². The minimum absolute atomic E-state index is 0.664. The highest BCUT2D eigenvalue weighted by Gasteiger charge is 2.03. The average molecular weight is 287 g/mol. The number of oxazole rings is 1. The van der Waals surface area contributed by atoms with E-state index in [1.807, 2.05) is 0 Å². The van der Waals surface area contributed by atoms with Crippen molar-refractivity contribution in [3.8, 4) is 0 Å². The summed E-state index contributed by atoms with van der Waals surface area (Å²) in [6.45, 7) is 9.99. The lowest BCUT2D eigenvalue weighted by molar-refractivity contribution is 0.439. The van der Waals surface area contributed by atoms with Crippen LogP contribution in [0.3, 0.4) is 0 Å². The maximum atomic E-state index is 5.57. The third-order valence-electron chi connectivity index (χ3n) is 3.62. The molecule has 0 saturated carbocycles. The normalized spacial score (nSPS) is 10.8. The van der Waals surface area contributed by atoms with Gasteiger partial charge in [-0.15, -0.1) is 0 Å². The van der Waals surface area contributed by atoms with E-state index in [4.69, 9.17) is 4.42 Å². The summed E-state index contributed by atoms with van der Waals surface area (Å²) < 4.78 is 5.57. The maximum absolute atomic E-state index is 5.57. The van der Waals surface area contributed by atoms with Gasteiger partial charge in [-0.05, 0) is 31.5 Å². The lowest BCUT2D eigenvalue weighted by Gasteiger charge is -2.21. The predicted octanol–water partition coefficient (Wildman–Crippen LogP) is 3.37. The van der Waals surface area contributed by atoms with Crippen molar-refractivity contribution in [2.45, 2.75) is 40.3 Å². The molecule has 1 aromatic carbocycles. The molecule has 0 saturated heterocycles. The van der Waals surface area contributed by atoms with E-state index in [9.17, 15) is 0 Å². The number of anilines is 1. The molecule has 21 heavy (non-hydrogen) atoms. The molecule has 0 spiro atoms. The zero-order valence-electron chi connectivity index (χ0n) is 13.2. The van der Waals surface area contributed by atoms with Gasteiger partial charge in [0, 0.05) is 31.7 Å². The Balaban J connectivity index is 1.83. The van der Waals surface area contributed by atoms with Crippen molar-refractivity contribution in [2.75, 3.05) is 18.0 Å². The Bertz CT molecular complexity index is 529. The highest BCUT2D eigenvalue weighted by Crippen LogP contribution is 2.15. The van der Waals surface area contributed by atoms with Gasteiger partial charge in [0.05, 0.1) is 12.7 Å². The molecule has 0 fully saturated rings. The molecule has 1 N–H and O–H groups in total. The Morgan fingerprint density at radius 3 is 2.33 bits per heavy atom. The van der Waals surface area contributed by atoms with Crippen LogP contribution in [0.5, 0.6) is 0 Å². The largest absolute Gasteiger partial charge is 0.444 e. The van der Waals surface area contributed by atoms with Gasteiger partial charge in [0.25, 0.3) is 0 Å². The summed E-state index contributed by atoms with van der Waals surface area (Å²) in [4.78, 5) is 6.59. The van der Waals surface area contributed by atoms with Crippen molar-refractivity contribution in [3.05, 3.63) is 47.7 Å². The SMILES string of the molecule is CCc1cnc(CNCc2ccc(N(CC)CC)cc2)o1. The van der Waals surface area contributed by atoms with E-state index in [0.717, 1.165) is 37.7 Å². The summed E-state index contributed by atoms with van der Waals surface area (Å²) in [5.74, 6) is 1.70. The van der Waals surface area contributed by atoms with Crippen LogP contribution in [-0.2, 0) is 19.5 Å². The van der Waals surface area contributed by atoms with Gasteiger partial charge in [0.15, 0.2) is 0 Å². The molecule has 0 bridgehead atoms. The first-order chi connectivity index (χ1) is 10.3. The van der Waals surface area contributed by atoms with Crippen LogP contribution in [0.1, 0.15) is 38.0 Å². The van der Waals surface area contributed by atoms with Gasteiger partial charge in [0.1, 0.15) is 5.76 Å². The van der Waals surface area contributed by atoms with Crippen LogP contribution >= 0.6 is 0 Å². The van der Waals surface area contributed by atoms with Crippen molar-refractivity contribution in [1.82, 2.24) is 10.3 Å². The maximum Gasteiger partial charge on any atom is 0.208 e. The number of hydrogen-bond acceptors (Lipinski definition) is 4. The van der Waals surface area contributed by atoms with Crippen LogP contribution in [0.2, 0.25) is 0 Å². The van der Waals surface area contributed by atoms with Gasteiger partial charge in [0.2, 0.25) is 5.89 Å². The summed E-state index contributed by atoms with van der Waals surface area (Å²) in [7, 11) is 0. The van der Waals surface area contributed by atoms with Crippen molar-refractivity contribution < 1.29 is 4.42 Å². The second kappa shape index (κ2) is 7.84. The van der Waals surface area contributed by atoms with Crippen LogP contribution in [0, 0.1) is 0 Å². The second-order valence-electron chi connectivity index (χ2n) is 5.02. The summed E-state index contributed by atoms with van der Waals surface area (Å²) in [6, 6.07) is 8.72. The minimum atomic E-state index is 0.664. The highest BCUT2D eigenvalue weighted by atomic mass is 16.4. The molecular weight excluding hydrogens is 262 g/mol. The number of benzene rings is 1. The van der Waals surface area contributed by atoms with Crippen LogP contribution in [0.25, 0.3) is 0 Å². The number of rotatable bonds is 8. The molecule has 0 atom stereocenters. The third kappa shape index (κ3) is 4.33. The monoisotopic (exact) mass is 287 g/mol. The Morgan fingerprint density at radius 1 is 1.05 bits per heavy atom. The molecular formula is C17H25N3O. The molecule has 2 rings (SSSR count). The van der Waals surface area contributed by atoms with E-state index >= 15 is 0 Å². The van der Waals surface area contributed by atoms with E-state index in [1.165, 1.54) is 11.3 Å². The second-order valence-corrected chi connectivity index (χ2v) is 5.02. The first kappa shape index (κ1) is 15.6. The predicted molar refractivity (Wildman–Crippen MR) is 86.4 cm³/mol. The van der Waals surface area contributed by atoms with E-state index in [2.05, 4.69) is 60.2 Å².